The number of nitrogens with one attached hydrogen (secondary N) is 1. The lowest BCUT2D eigenvalue weighted by molar-refractivity contribution is -0.124. The van der Waals surface area contributed by atoms with Crippen molar-refractivity contribution in [3.05, 3.63) is 17.7 Å². The van der Waals surface area contributed by atoms with Crippen LogP contribution in [0.1, 0.15) is 30.1 Å². The van der Waals surface area contributed by atoms with Crippen molar-refractivity contribution in [2.24, 2.45) is 0 Å². The largest absolute Gasteiger partial charge is 0.493 e. The highest BCUT2D eigenvalue weighted by molar-refractivity contribution is 7.99. The molecule has 2 rings (SSSR count). The van der Waals surface area contributed by atoms with E-state index in [-0.39, 0.29) is 11.8 Å². The van der Waals surface area contributed by atoms with Gasteiger partial charge in [-0.25, -0.2) is 0 Å². The maximum absolute atomic E-state index is 13.0. The van der Waals surface area contributed by atoms with Crippen LogP contribution in [0, 0.1) is 0 Å². The van der Waals surface area contributed by atoms with Crippen LogP contribution in [0.2, 0.25) is 0 Å². The fourth-order valence-electron chi connectivity index (χ4n) is 2.74. The van der Waals surface area contributed by atoms with E-state index in [0.29, 0.717) is 41.0 Å². The molecule has 0 aliphatic carbocycles. The molecule has 1 aliphatic heterocycles. The summed E-state index contributed by atoms with van der Waals surface area (Å²) < 4.78 is 15.9. The summed E-state index contributed by atoms with van der Waals surface area (Å²) in [7, 11) is 4.51. The Morgan fingerprint density at radius 1 is 1.19 bits per heavy atom. The predicted molar refractivity (Wildman–Crippen MR) is 101 cm³/mol. The van der Waals surface area contributed by atoms with Gasteiger partial charge in [0.2, 0.25) is 11.7 Å². The van der Waals surface area contributed by atoms with E-state index in [1.165, 1.54) is 21.3 Å². The number of carbonyl (C=O) groups is 2. The van der Waals surface area contributed by atoms with Crippen molar-refractivity contribution in [3.8, 4) is 17.2 Å². The van der Waals surface area contributed by atoms with Crippen molar-refractivity contribution >= 4 is 23.6 Å². The van der Waals surface area contributed by atoms with Crippen LogP contribution >= 0.6 is 11.8 Å². The summed E-state index contributed by atoms with van der Waals surface area (Å²) in [6.07, 6.45) is 1.93. The molecule has 7 nitrogen and oxygen atoms in total. The highest BCUT2D eigenvalue weighted by Crippen LogP contribution is 2.39. The molecule has 0 aromatic heterocycles. The molecule has 1 saturated heterocycles. The topological polar surface area (TPSA) is 77.1 Å². The molecule has 144 valence electrons. The SMILES string of the molecule is CCCCNC(=O)[C@H]1CSCN1C(=O)c1cc(OC)c(OC)c(OC)c1. The van der Waals surface area contributed by atoms with Gasteiger partial charge in [-0.3, -0.25) is 9.59 Å². The Labute approximate surface area is 158 Å². The number of amides is 2. The zero-order valence-corrected chi connectivity index (χ0v) is 16.5. The minimum atomic E-state index is -0.469. The van der Waals surface area contributed by atoms with Crippen LogP contribution in [0.15, 0.2) is 12.1 Å². The number of thioether (sulfide) groups is 1. The van der Waals surface area contributed by atoms with Gasteiger partial charge in [0, 0.05) is 17.9 Å². The van der Waals surface area contributed by atoms with E-state index in [0.717, 1.165) is 12.8 Å². The Kier molecular flexibility index (Phi) is 7.44. The average Bonchev–Trinajstić information content (AvgIpc) is 3.16. The van der Waals surface area contributed by atoms with E-state index in [1.807, 2.05) is 0 Å². The van der Waals surface area contributed by atoms with Gasteiger partial charge in [-0.2, -0.15) is 0 Å². The second-order valence-corrected chi connectivity index (χ2v) is 6.85. The zero-order valence-electron chi connectivity index (χ0n) is 15.7. The van der Waals surface area contributed by atoms with Gasteiger partial charge in [0.05, 0.1) is 27.2 Å². The third-order valence-electron chi connectivity index (χ3n) is 4.19. The minimum Gasteiger partial charge on any atom is -0.493 e. The molecule has 0 spiro atoms. The summed E-state index contributed by atoms with van der Waals surface area (Å²) in [5, 5.41) is 2.91. The summed E-state index contributed by atoms with van der Waals surface area (Å²) in [6, 6.07) is 2.75. The number of rotatable bonds is 8. The zero-order chi connectivity index (χ0) is 19.1. The summed E-state index contributed by atoms with van der Waals surface area (Å²) >= 11 is 1.57. The molecule has 1 aromatic rings. The Morgan fingerprint density at radius 3 is 2.38 bits per heavy atom. The van der Waals surface area contributed by atoms with Gasteiger partial charge >= 0.3 is 0 Å². The minimum absolute atomic E-state index is 0.107. The van der Waals surface area contributed by atoms with E-state index < -0.39 is 6.04 Å². The van der Waals surface area contributed by atoms with Crippen LogP contribution in [0.4, 0.5) is 0 Å². The molecular weight excluding hydrogens is 356 g/mol. The number of carbonyl (C=O) groups excluding carboxylic acids is 2. The monoisotopic (exact) mass is 382 g/mol. The summed E-state index contributed by atoms with van der Waals surface area (Å²) in [6.45, 7) is 2.70. The highest BCUT2D eigenvalue weighted by atomic mass is 32.2. The summed E-state index contributed by atoms with van der Waals surface area (Å²) in [5.74, 6) is 1.97. The number of unbranched alkanes of at least 4 members (excludes halogenated alkanes) is 1. The highest BCUT2D eigenvalue weighted by Gasteiger charge is 2.35. The Balaban J connectivity index is 2.22. The standard InChI is InChI=1S/C18H26N2O5S/c1-5-6-7-19-17(21)13-10-26-11-20(13)18(22)12-8-14(23-2)16(25-4)15(9-12)24-3/h8-9,13H,5-7,10-11H2,1-4H3,(H,19,21)/t13-/m1/s1. The van der Waals surface area contributed by atoms with Gasteiger partial charge in [0.25, 0.3) is 5.91 Å². The number of benzene rings is 1. The normalized spacial score (nSPS) is 16.3. The van der Waals surface area contributed by atoms with Crippen molar-refractivity contribution in [2.45, 2.75) is 25.8 Å². The number of hydrogen-bond donors (Lipinski definition) is 1. The maximum atomic E-state index is 13.0. The molecule has 1 fully saturated rings. The first-order valence-electron chi connectivity index (χ1n) is 8.53. The van der Waals surface area contributed by atoms with Crippen molar-refractivity contribution in [2.75, 3.05) is 39.5 Å². The Morgan fingerprint density at radius 2 is 1.85 bits per heavy atom. The summed E-state index contributed by atoms with van der Waals surface area (Å²) in [4.78, 5) is 27.0. The van der Waals surface area contributed by atoms with Gasteiger partial charge < -0.3 is 24.4 Å². The molecular formula is C18H26N2O5S. The Bertz CT molecular complexity index is 627. The lowest BCUT2D eigenvalue weighted by Gasteiger charge is -2.24. The van der Waals surface area contributed by atoms with E-state index in [9.17, 15) is 9.59 Å². The molecule has 1 aliphatic rings. The fraction of sp³-hybridized carbons (Fsp3) is 0.556. The van der Waals surface area contributed by atoms with Gasteiger partial charge in [-0.15, -0.1) is 11.8 Å². The van der Waals surface area contributed by atoms with E-state index in [2.05, 4.69) is 12.2 Å². The third kappa shape index (κ3) is 4.35. The number of nitrogens with zero attached hydrogens (tertiary/aromatic N) is 1. The predicted octanol–water partition coefficient (Wildman–Crippen LogP) is 2.14. The first-order chi connectivity index (χ1) is 12.6. The first-order valence-corrected chi connectivity index (χ1v) is 9.69. The maximum Gasteiger partial charge on any atom is 0.255 e. The number of hydrogen-bond acceptors (Lipinski definition) is 6. The van der Waals surface area contributed by atoms with Crippen molar-refractivity contribution in [1.29, 1.82) is 0 Å². The van der Waals surface area contributed by atoms with Gasteiger partial charge in [-0.05, 0) is 18.6 Å². The molecule has 1 atom stereocenters. The van der Waals surface area contributed by atoms with Gasteiger partial charge in [0.15, 0.2) is 11.5 Å². The van der Waals surface area contributed by atoms with E-state index in [1.54, 1.807) is 28.8 Å². The fourth-order valence-corrected chi connectivity index (χ4v) is 3.89. The molecule has 0 unspecified atom stereocenters. The quantitative estimate of drug-likeness (QED) is 0.694. The molecule has 8 heteroatoms. The smallest absolute Gasteiger partial charge is 0.255 e. The molecule has 26 heavy (non-hydrogen) atoms. The molecule has 2 amide bonds. The van der Waals surface area contributed by atoms with Crippen LogP contribution in [0.25, 0.3) is 0 Å². The van der Waals surface area contributed by atoms with Crippen molar-refractivity contribution < 1.29 is 23.8 Å². The van der Waals surface area contributed by atoms with Crippen LogP contribution in [-0.2, 0) is 4.79 Å². The van der Waals surface area contributed by atoms with E-state index in [4.69, 9.17) is 14.2 Å². The van der Waals surface area contributed by atoms with Crippen LogP contribution < -0.4 is 19.5 Å². The van der Waals surface area contributed by atoms with Gasteiger partial charge in [0.1, 0.15) is 6.04 Å². The molecule has 1 heterocycles. The van der Waals surface area contributed by atoms with Gasteiger partial charge in [-0.1, -0.05) is 13.3 Å². The molecule has 0 radical (unpaired) electrons. The lowest BCUT2D eigenvalue weighted by Crippen LogP contribution is -2.47. The first kappa shape index (κ1) is 20.2. The third-order valence-corrected chi connectivity index (χ3v) is 5.20. The average molecular weight is 382 g/mol. The molecule has 0 bridgehead atoms. The second kappa shape index (κ2) is 9.56. The van der Waals surface area contributed by atoms with Crippen LogP contribution in [0.3, 0.4) is 0 Å². The van der Waals surface area contributed by atoms with E-state index >= 15 is 0 Å². The van der Waals surface area contributed by atoms with Crippen molar-refractivity contribution in [1.82, 2.24) is 10.2 Å². The van der Waals surface area contributed by atoms with Crippen LogP contribution in [0.5, 0.6) is 17.2 Å². The summed E-state index contributed by atoms with van der Waals surface area (Å²) in [5.41, 5.74) is 0.397. The lowest BCUT2D eigenvalue weighted by atomic mass is 10.1. The number of ether oxygens (including phenoxy) is 3. The molecule has 1 aromatic carbocycles. The number of methoxy groups -OCH3 is 3. The Hall–Kier alpha value is -2.09. The van der Waals surface area contributed by atoms with Crippen LogP contribution in [-0.4, -0.2) is 62.3 Å². The molecule has 1 N–H and O–H groups in total. The van der Waals surface area contributed by atoms with Crippen molar-refractivity contribution in [3.63, 3.8) is 0 Å². The second-order valence-electron chi connectivity index (χ2n) is 5.85. The molecule has 0 saturated carbocycles.